The van der Waals surface area contributed by atoms with E-state index in [0.29, 0.717) is 11.6 Å². The number of aromatic nitrogens is 3. The molecule has 5 nitrogen and oxygen atoms in total. The molecule has 3 heterocycles. The van der Waals surface area contributed by atoms with Crippen molar-refractivity contribution >= 4 is 23.3 Å². The molecule has 28 heavy (non-hydrogen) atoms. The Hall–Kier alpha value is -1.56. The van der Waals surface area contributed by atoms with E-state index >= 15 is 0 Å². The van der Waals surface area contributed by atoms with E-state index in [1.54, 1.807) is 0 Å². The van der Waals surface area contributed by atoms with Crippen molar-refractivity contribution in [3.63, 3.8) is 0 Å². The van der Waals surface area contributed by atoms with Crippen molar-refractivity contribution in [3.8, 4) is 0 Å². The van der Waals surface area contributed by atoms with Crippen LogP contribution in [0.25, 0.3) is 5.65 Å². The molecule has 2 aromatic heterocycles. The highest BCUT2D eigenvalue weighted by Gasteiger charge is 2.35. The zero-order chi connectivity index (χ0) is 19.9. The second-order valence-corrected chi connectivity index (χ2v) is 10.4. The van der Waals surface area contributed by atoms with Crippen LogP contribution in [0.15, 0.2) is 12.1 Å². The third-order valence-electron chi connectivity index (χ3n) is 6.18. The van der Waals surface area contributed by atoms with Crippen LogP contribution in [-0.2, 0) is 6.42 Å². The van der Waals surface area contributed by atoms with E-state index < -0.39 is 0 Å². The predicted molar refractivity (Wildman–Crippen MR) is 115 cm³/mol. The number of amides is 1. The van der Waals surface area contributed by atoms with E-state index in [9.17, 15) is 4.79 Å². The van der Waals surface area contributed by atoms with Crippen LogP contribution in [-0.4, -0.2) is 49.0 Å². The quantitative estimate of drug-likeness (QED) is 0.755. The fourth-order valence-electron chi connectivity index (χ4n) is 4.56. The molecule has 6 heteroatoms. The maximum atomic E-state index is 13.2. The van der Waals surface area contributed by atoms with E-state index in [2.05, 4.69) is 33.8 Å². The standard InChI is InChI=1S/C22H32N4OS/c1-15(2)19-12-17(11-16-7-5-6-8-16)23-20-13-18(24-26(19)20)21(27)25-9-10-28-14-22(25,3)4/h12-13,15-16H,5-11,14H2,1-4H3. The SMILES string of the molecule is CC(C)c1cc(CC2CCCC2)nc2cc(C(=O)N3CCSCC3(C)C)nn12. The van der Waals surface area contributed by atoms with Crippen molar-refractivity contribution < 1.29 is 4.79 Å². The third-order valence-corrected chi connectivity index (χ3v) is 7.56. The average Bonchev–Trinajstić information content (AvgIpc) is 3.29. The van der Waals surface area contributed by atoms with Crippen LogP contribution in [0.4, 0.5) is 0 Å². The number of fused-ring (bicyclic) bond motifs is 1. The summed E-state index contributed by atoms with van der Waals surface area (Å²) < 4.78 is 1.89. The first-order valence-corrected chi connectivity index (χ1v) is 11.8. The second kappa shape index (κ2) is 7.69. The van der Waals surface area contributed by atoms with Gasteiger partial charge in [-0.25, -0.2) is 9.50 Å². The minimum absolute atomic E-state index is 0.0304. The van der Waals surface area contributed by atoms with Crippen LogP contribution in [0.1, 0.15) is 81.2 Å². The van der Waals surface area contributed by atoms with Gasteiger partial charge in [0.15, 0.2) is 11.3 Å². The van der Waals surface area contributed by atoms with Gasteiger partial charge in [-0.1, -0.05) is 39.5 Å². The predicted octanol–water partition coefficient (Wildman–Crippen LogP) is 4.55. The zero-order valence-electron chi connectivity index (χ0n) is 17.6. The Morgan fingerprint density at radius 2 is 2.04 bits per heavy atom. The maximum absolute atomic E-state index is 13.2. The monoisotopic (exact) mass is 400 g/mol. The van der Waals surface area contributed by atoms with E-state index in [1.165, 1.54) is 25.7 Å². The van der Waals surface area contributed by atoms with Crippen molar-refractivity contribution in [2.75, 3.05) is 18.1 Å². The highest BCUT2D eigenvalue weighted by Crippen LogP contribution is 2.30. The Balaban J connectivity index is 1.68. The molecule has 0 aromatic carbocycles. The summed E-state index contributed by atoms with van der Waals surface area (Å²) in [6.45, 7) is 9.43. The normalized spacial score (nSPS) is 20.4. The molecule has 2 aromatic rings. The lowest BCUT2D eigenvalue weighted by Gasteiger charge is -2.41. The highest BCUT2D eigenvalue weighted by molar-refractivity contribution is 7.99. The zero-order valence-corrected chi connectivity index (χ0v) is 18.4. The summed E-state index contributed by atoms with van der Waals surface area (Å²) >= 11 is 1.91. The molecule has 0 unspecified atom stereocenters. The van der Waals surface area contributed by atoms with Crippen molar-refractivity contribution in [2.45, 2.75) is 71.3 Å². The molecule has 1 amide bonds. The topological polar surface area (TPSA) is 50.5 Å². The number of nitrogens with zero attached hydrogens (tertiary/aromatic N) is 4. The molecular weight excluding hydrogens is 368 g/mol. The van der Waals surface area contributed by atoms with Crippen molar-refractivity contribution in [3.05, 3.63) is 29.2 Å². The fraction of sp³-hybridized carbons (Fsp3) is 0.682. The first kappa shape index (κ1) is 19.7. The lowest BCUT2D eigenvalue weighted by atomic mass is 10.00. The Morgan fingerprint density at radius 3 is 2.71 bits per heavy atom. The number of hydrogen-bond donors (Lipinski definition) is 0. The van der Waals surface area contributed by atoms with E-state index in [1.807, 2.05) is 27.2 Å². The van der Waals surface area contributed by atoms with Gasteiger partial charge in [0.2, 0.25) is 0 Å². The smallest absolute Gasteiger partial charge is 0.274 e. The molecule has 152 valence electrons. The van der Waals surface area contributed by atoms with E-state index in [-0.39, 0.29) is 11.4 Å². The maximum Gasteiger partial charge on any atom is 0.274 e. The molecule has 2 fully saturated rings. The molecule has 1 saturated heterocycles. The second-order valence-electron chi connectivity index (χ2n) is 9.30. The van der Waals surface area contributed by atoms with Gasteiger partial charge in [0.05, 0.1) is 0 Å². The Labute approximate surface area is 172 Å². The number of carbonyl (C=O) groups excluding carboxylic acids is 1. The van der Waals surface area contributed by atoms with E-state index in [0.717, 1.165) is 47.4 Å². The Morgan fingerprint density at radius 1 is 1.29 bits per heavy atom. The molecule has 4 rings (SSSR count). The van der Waals surface area contributed by atoms with Crippen LogP contribution in [0.2, 0.25) is 0 Å². The lowest BCUT2D eigenvalue weighted by molar-refractivity contribution is 0.0591. The first-order chi connectivity index (χ1) is 13.3. The summed E-state index contributed by atoms with van der Waals surface area (Å²) in [6.07, 6.45) is 6.36. The number of thioether (sulfide) groups is 1. The third kappa shape index (κ3) is 3.80. The highest BCUT2D eigenvalue weighted by atomic mass is 32.2. The van der Waals surface area contributed by atoms with Crippen LogP contribution >= 0.6 is 11.8 Å². The molecule has 1 aliphatic heterocycles. The summed E-state index contributed by atoms with van der Waals surface area (Å²) in [5.41, 5.74) is 3.49. The van der Waals surface area contributed by atoms with Gasteiger partial charge in [-0.2, -0.15) is 16.9 Å². The molecule has 1 saturated carbocycles. The average molecular weight is 401 g/mol. The number of hydrogen-bond acceptors (Lipinski definition) is 4. The van der Waals surface area contributed by atoms with Crippen molar-refractivity contribution in [2.24, 2.45) is 5.92 Å². The first-order valence-electron chi connectivity index (χ1n) is 10.6. The fourth-order valence-corrected chi connectivity index (χ4v) is 5.67. The Kier molecular flexibility index (Phi) is 5.43. The van der Waals surface area contributed by atoms with Gasteiger partial charge >= 0.3 is 0 Å². The van der Waals surface area contributed by atoms with E-state index in [4.69, 9.17) is 10.1 Å². The van der Waals surface area contributed by atoms with Gasteiger partial charge in [-0.15, -0.1) is 0 Å². The van der Waals surface area contributed by atoms with Crippen LogP contribution in [0.5, 0.6) is 0 Å². The molecule has 0 atom stereocenters. The van der Waals surface area contributed by atoms with Gasteiger partial charge in [0.1, 0.15) is 0 Å². The van der Waals surface area contributed by atoms with Crippen LogP contribution < -0.4 is 0 Å². The largest absolute Gasteiger partial charge is 0.330 e. The van der Waals surface area contributed by atoms with Crippen molar-refractivity contribution in [1.82, 2.24) is 19.5 Å². The van der Waals surface area contributed by atoms with Gasteiger partial charge in [-0.3, -0.25) is 4.79 Å². The molecule has 0 spiro atoms. The van der Waals surface area contributed by atoms with Gasteiger partial charge in [-0.05, 0) is 38.2 Å². The van der Waals surface area contributed by atoms with Gasteiger partial charge in [0, 0.05) is 41.0 Å². The summed E-state index contributed by atoms with van der Waals surface area (Å²) in [5.74, 6) is 3.07. The summed E-state index contributed by atoms with van der Waals surface area (Å²) in [5, 5.41) is 4.70. The van der Waals surface area contributed by atoms with Gasteiger partial charge in [0.25, 0.3) is 5.91 Å². The van der Waals surface area contributed by atoms with Crippen LogP contribution in [0, 0.1) is 5.92 Å². The summed E-state index contributed by atoms with van der Waals surface area (Å²) in [4.78, 5) is 20.1. The van der Waals surface area contributed by atoms with Crippen LogP contribution in [0.3, 0.4) is 0 Å². The number of rotatable bonds is 4. The lowest BCUT2D eigenvalue weighted by Crippen LogP contribution is -2.53. The molecular formula is C22H32N4OS. The summed E-state index contributed by atoms with van der Waals surface area (Å²) in [6, 6.07) is 4.10. The van der Waals surface area contributed by atoms with Gasteiger partial charge < -0.3 is 4.90 Å². The molecule has 0 N–H and O–H groups in total. The Bertz CT molecular complexity index is 867. The summed E-state index contributed by atoms with van der Waals surface area (Å²) in [7, 11) is 0. The number of carbonyl (C=O) groups is 1. The molecule has 0 bridgehead atoms. The molecule has 2 aliphatic rings. The molecule has 1 aliphatic carbocycles. The minimum atomic E-state index is -0.141. The molecule has 0 radical (unpaired) electrons. The minimum Gasteiger partial charge on any atom is -0.330 e. The van der Waals surface area contributed by atoms with Crippen molar-refractivity contribution in [1.29, 1.82) is 0 Å².